The number of carbonyl (C=O) groups is 1. The summed E-state index contributed by atoms with van der Waals surface area (Å²) in [5, 5.41) is 13.2. The van der Waals surface area contributed by atoms with Crippen molar-refractivity contribution >= 4 is 27.3 Å². The fourth-order valence-electron chi connectivity index (χ4n) is 3.93. The molecule has 4 heteroatoms. The predicted molar refractivity (Wildman–Crippen MR) is 136 cm³/mol. The smallest absolute Gasteiger partial charge is 0.155 e. The summed E-state index contributed by atoms with van der Waals surface area (Å²) in [6.07, 6.45) is 3.03. The topological polar surface area (TPSA) is 50.2 Å². The Morgan fingerprint density at radius 2 is 1.41 bits per heavy atom. The Morgan fingerprint density at radius 3 is 2.09 bits per heavy atom. The molecule has 1 N–H and O–H groups in total. The summed E-state index contributed by atoms with van der Waals surface area (Å²) in [5.74, 6) is -0.0625. The van der Waals surface area contributed by atoms with Crippen LogP contribution in [0.15, 0.2) is 109 Å². The number of benzene rings is 4. The van der Waals surface area contributed by atoms with E-state index in [9.17, 15) is 4.79 Å². The van der Waals surface area contributed by atoms with E-state index in [0.29, 0.717) is 0 Å². The van der Waals surface area contributed by atoms with Gasteiger partial charge < -0.3 is 10.1 Å². The number of hydrogen-bond donors (Lipinski definition) is 1. The average Bonchev–Trinajstić information content (AvgIpc) is 2.83. The molecule has 0 unspecified atom stereocenters. The zero-order valence-corrected chi connectivity index (χ0v) is 21.3. The van der Waals surface area contributed by atoms with Crippen LogP contribution < -0.4 is 0 Å². The summed E-state index contributed by atoms with van der Waals surface area (Å²) in [6.45, 7) is 2.85. The summed E-state index contributed by atoms with van der Waals surface area (Å²) in [5.41, 5.74) is 4.36. The Morgan fingerprint density at radius 1 is 0.794 bits per heavy atom. The molecular weight excluding hydrogens is 599 g/mol. The maximum Gasteiger partial charge on any atom is 0.155 e. The number of aliphatic hydroxyl groups is 1. The Kier molecular flexibility index (Phi) is 8.48. The first-order chi connectivity index (χ1) is 16.0. The van der Waals surface area contributed by atoms with E-state index >= 15 is 0 Å². The van der Waals surface area contributed by atoms with E-state index < -0.39 is 0 Å². The third kappa shape index (κ3) is 5.66. The molecule has 1 aromatic heterocycles. The number of hydrogen-bond acceptors (Lipinski definition) is 3. The van der Waals surface area contributed by atoms with Crippen LogP contribution in [0.2, 0.25) is 0 Å². The third-order valence-corrected chi connectivity index (χ3v) is 5.26. The molecule has 5 aromatic rings. The summed E-state index contributed by atoms with van der Waals surface area (Å²) in [4.78, 5) is 14.8. The molecule has 34 heavy (non-hydrogen) atoms. The maximum absolute atomic E-state index is 10.0. The fourth-order valence-corrected chi connectivity index (χ4v) is 3.93. The Bertz CT molecular complexity index is 1360. The van der Waals surface area contributed by atoms with Gasteiger partial charge in [0, 0.05) is 32.4 Å². The molecule has 1 heterocycles. The van der Waals surface area contributed by atoms with Crippen molar-refractivity contribution in [1.29, 1.82) is 0 Å². The number of carbonyl (C=O) groups excluding carboxylic acids is 1. The van der Waals surface area contributed by atoms with E-state index in [0.717, 1.165) is 16.8 Å². The number of pyridine rings is 1. The van der Waals surface area contributed by atoms with Crippen molar-refractivity contribution in [3.63, 3.8) is 0 Å². The first kappa shape index (κ1) is 25.0. The van der Waals surface area contributed by atoms with Gasteiger partial charge in [-0.05, 0) is 47.5 Å². The molecule has 0 atom stereocenters. The molecule has 0 aliphatic heterocycles. The van der Waals surface area contributed by atoms with Gasteiger partial charge in [0.1, 0.15) is 0 Å². The van der Waals surface area contributed by atoms with Crippen molar-refractivity contribution in [2.75, 3.05) is 0 Å². The van der Waals surface area contributed by atoms with E-state index in [1.54, 1.807) is 0 Å². The van der Waals surface area contributed by atoms with Crippen molar-refractivity contribution in [1.82, 2.24) is 4.98 Å². The summed E-state index contributed by atoms with van der Waals surface area (Å²) >= 11 is 0. The van der Waals surface area contributed by atoms with Gasteiger partial charge >= 0.3 is 0 Å². The Labute approximate surface area is 213 Å². The summed E-state index contributed by atoms with van der Waals surface area (Å²) in [7, 11) is 0. The molecule has 0 bridgehead atoms. The van der Waals surface area contributed by atoms with Crippen molar-refractivity contribution in [3.8, 4) is 22.4 Å². The second-order valence-electron chi connectivity index (χ2n) is 7.76. The van der Waals surface area contributed by atoms with E-state index in [2.05, 4.69) is 84.9 Å². The van der Waals surface area contributed by atoms with Crippen LogP contribution >= 0.6 is 0 Å². The van der Waals surface area contributed by atoms with Gasteiger partial charge in [0.05, 0.1) is 5.76 Å². The van der Waals surface area contributed by atoms with Crippen molar-refractivity contribution in [2.45, 2.75) is 13.8 Å². The van der Waals surface area contributed by atoms with Gasteiger partial charge in [-0.25, -0.2) is 0 Å². The minimum atomic E-state index is -0.125. The van der Waals surface area contributed by atoms with Crippen LogP contribution in [0.25, 0.3) is 43.9 Å². The molecule has 0 fully saturated rings. The fraction of sp³-hybridized carbons (Fsp3) is 0.0667. The molecule has 4 aromatic carbocycles. The summed E-state index contributed by atoms with van der Waals surface area (Å²) in [6, 6.07) is 35.0. The number of fused-ring (bicyclic) bond motifs is 2. The molecule has 171 valence electrons. The molecule has 1 radical (unpaired) electrons. The van der Waals surface area contributed by atoms with Gasteiger partial charge in [-0.2, -0.15) is 0 Å². The third-order valence-electron chi connectivity index (χ3n) is 5.26. The van der Waals surface area contributed by atoms with Crippen molar-refractivity contribution < 1.29 is 30.0 Å². The van der Waals surface area contributed by atoms with Crippen LogP contribution in [0.1, 0.15) is 13.8 Å². The number of allylic oxidation sites excluding steroid dienone is 2. The van der Waals surface area contributed by atoms with Gasteiger partial charge in [0.25, 0.3) is 0 Å². The molecule has 0 amide bonds. The molecule has 3 nitrogen and oxygen atoms in total. The van der Waals surface area contributed by atoms with Gasteiger partial charge in [0.15, 0.2) is 5.78 Å². The van der Waals surface area contributed by atoms with Crippen molar-refractivity contribution in [3.05, 3.63) is 115 Å². The second kappa shape index (κ2) is 11.5. The molecule has 0 aliphatic carbocycles. The van der Waals surface area contributed by atoms with Crippen LogP contribution in [-0.2, 0) is 24.9 Å². The predicted octanol–water partition coefficient (Wildman–Crippen LogP) is 7.56. The van der Waals surface area contributed by atoms with E-state index in [4.69, 9.17) is 10.1 Å². The van der Waals surface area contributed by atoms with Gasteiger partial charge in [0.2, 0.25) is 0 Å². The molecule has 0 spiro atoms. The molecular formula is C30H24IrNO2-. The first-order valence-corrected chi connectivity index (χ1v) is 10.8. The summed E-state index contributed by atoms with van der Waals surface area (Å²) < 4.78 is 0. The number of ketones is 1. The van der Waals surface area contributed by atoms with Crippen LogP contribution in [0.4, 0.5) is 0 Å². The number of aromatic nitrogens is 1. The van der Waals surface area contributed by atoms with Crippen LogP contribution in [0.3, 0.4) is 0 Å². The first-order valence-electron chi connectivity index (χ1n) is 10.8. The minimum absolute atomic E-state index is 0. The molecule has 5 rings (SSSR count). The Balaban J connectivity index is 0.000000357. The van der Waals surface area contributed by atoms with E-state index in [1.807, 2.05) is 18.3 Å². The van der Waals surface area contributed by atoms with E-state index in [-0.39, 0.29) is 31.6 Å². The number of aliphatic hydroxyl groups excluding tert-OH is 1. The average molecular weight is 623 g/mol. The largest absolute Gasteiger partial charge is 0.512 e. The molecule has 0 aliphatic rings. The SMILES string of the molecule is CC(=O)/C=C(/C)O.[Ir].[c-]1ccc2ccccc2c1-c1ncccc1-c1cccc2ccccc12. The monoisotopic (exact) mass is 623 g/mol. The minimum Gasteiger partial charge on any atom is -0.512 e. The quantitative estimate of drug-likeness (QED) is 0.128. The van der Waals surface area contributed by atoms with Gasteiger partial charge in [-0.15, -0.1) is 29.1 Å². The normalized spacial score (nSPS) is 10.8. The zero-order chi connectivity index (χ0) is 23.2. The van der Waals surface area contributed by atoms with E-state index in [1.165, 1.54) is 47.0 Å². The molecule has 0 saturated carbocycles. The Hall–Kier alpha value is -3.59. The van der Waals surface area contributed by atoms with Crippen LogP contribution in [-0.4, -0.2) is 15.9 Å². The maximum atomic E-state index is 10.0. The van der Waals surface area contributed by atoms with Crippen molar-refractivity contribution in [2.24, 2.45) is 0 Å². The van der Waals surface area contributed by atoms with Gasteiger partial charge in [-0.1, -0.05) is 78.2 Å². The molecule has 0 saturated heterocycles. The van der Waals surface area contributed by atoms with Crippen LogP contribution in [0.5, 0.6) is 0 Å². The number of nitrogens with zero attached hydrogens (tertiary/aromatic N) is 1. The zero-order valence-electron chi connectivity index (χ0n) is 19.0. The van der Waals surface area contributed by atoms with Crippen LogP contribution in [0, 0.1) is 6.07 Å². The second-order valence-corrected chi connectivity index (χ2v) is 7.76. The number of rotatable bonds is 3. The standard InChI is InChI=1S/C25H16N.C5H8O2.Ir/c1-3-12-20-18(8-1)10-5-14-22(20)24-16-7-17-26-25(24)23-15-6-11-19-9-2-4-13-21(19)23;1-4(6)3-5(2)7;/h1-14,16-17H;3,6H,1-2H3;/q-1;;/b;4-3-;. The van der Waals surface area contributed by atoms with Gasteiger partial charge in [-0.3, -0.25) is 4.79 Å².